The SMILES string of the molecule is O=C(O)c1ccc(/C=C2/N=C(c3ccccc3)N(c3cccc(Br)c3)C2=O)cc1. The smallest absolute Gasteiger partial charge is 0.335 e. The minimum Gasteiger partial charge on any atom is -0.478 e. The number of carboxylic acid groups (broad SMARTS) is 1. The largest absolute Gasteiger partial charge is 0.478 e. The normalized spacial score (nSPS) is 14.9. The average Bonchev–Trinajstić information content (AvgIpc) is 3.05. The molecule has 0 spiro atoms. The second-order valence-electron chi connectivity index (χ2n) is 6.38. The van der Waals surface area contributed by atoms with E-state index in [1.807, 2.05) is 54.6 Å². The van der Waals surface area contributed by atoms with Gasteiger partial charge >= 0.3 is 5.97 Å². The molecule has 1 aliphatic heterocycles. The fourth-order valence-electron chi connectivity index (χ4n) is 3.03. The molecule has 5 nitrogen and oxygen atoms in total. The van der Waals surface area contributed by atoms with Crippen LogP contribution in [0.3, 0.4) is 0 Å². The molecule has 0 atom stereocenters. The van der Waals surface area contributed by atoms with Gasteiger partial charge in [0.25, 0.3) is 5.91 Å². The van der Waals surface area contributed by atoms with E-state index in [1.165, 1.54) is 12.1 Å². The van der Waals surface area contributed by atoms with Crippen molar-refractivity contribution in [3.05, 3.63) is 106 Å². The highest BCUT2D eigenvalue weighted by Crippen LogP contribution is 2.29. The van der Waals surface area contributed by atoms with Crippen molar-refractivity contribution >= 4 is 45.4 Å². The third-order valence-corrected chi connectivity index (χ3v) is 4.91. The number of aliphatic imine (C=N–C) groups is 1. The number of halogens is 1. The first kappa shape index (κ1) is 18.8. The lowest BCUT2D eigenvalue weighted by atomic mass is 10.1. The van der Waals surface area contributed by atoms with Gasteiger partial charge in [-0.25, -0.2) is 9.79 Å². The molecule has 1 heterocycles. The fourth-order valence-corrected chi connectivity index (χ4v) is 3.42. The summed E-state index contributed by atoms with van der Waals surface area (Å²) in [6.45, 7) is 0. The Labute approximate surface area is 175 Å². The van der Waals surface area contributed by atoms with Gasteiger partial charge in [-0.2, -0.15) is 0 Å². The molecule has 0 fully saturated rings. The van der Waals surface area contributed by atoms with Gasteiger partial charge in [0.1, 0.15) is 11.5 Å². The van der Waals surface area contributed by atoms with Crippen molar-refractivity contribution in [2.75, 3.05) is 4.90 Å². The Hall–Kier alpha value is -3.51. The Morgan fingerprint density at radius 1 is 0.966 bits per heavy atom. The number of anilines is 1. The minimum atomic E-state index is -0.994. The lowest BCUT2D eigenvalue weighted by Gasteiger charge is -2.18. The molecule has 6 heteroatoms. The standard InChI is InChI=1S/C23H15BrN2O3/c24-18-7-4-8-19(14-18)26-21(16-5-2-1-3-6-16)25-20(22(26)27)13-15-9-11-17(12-10-15)23(28)29/h1-14H,(H,28,29)/b20-13+. The molecule has 3 aromatic carbocycles. The van der Waals surface area contributed by atoms with Crippen molar-refractivity contribution < 1.29 is 14.7 Å². The molecule has 142 valence electrons. The van der Waals surface area contributed by atoms with Crippen LogP contribution in [0.2, 0.25) is 0 Å². The second-order valence-corrected chi connectivity index (χ2v) is 7.29. The van der Waals surface area contributed by atoms with Crippen LogP contribution in [0.4, 0.5) is 5.69 Å². The molecule has 1 amide bonds. The number of amidine groups is 1. The number of benzene rings is 3. The van der Waals surface area contributed by atoms with Gasteiger partial charge in [-0.1, -0.05) is 64.5 Å². The van der Waals surface area contributed by atoms with Crippen LogP contribution in [0.15, 0.2) is 94.0 Å². The first-order valence-electron chi connectivity index (χ1n) is 8.82. The Balaban J connectivity index is 1.78. The predicted molar refractivity (Wildman–Crippen MR) is 116 cm³/mol. The zero-order valence-corrected chi connectivity index (χ0v) is 16.7. The van der Waals surface area contributed by atoms with Crippen LogP contribution < -0.4 is 4.90 Å². The Bertz CT molecular complexity index is 1150. The third kappa shape index (κ3) is 3.88. The molecule has 1 N–H and O–H groups in total. The highest BCUT2D eigenvalue weighted by Gasteiger charge is 2.32. The number of rotatable bonds is 4. The second kappa shape index (κ2) is 7.85. The van der Waals surface area contributed by atoms with E-state index in [-0.39, 0.29) is 17.2 Å². The van der Waals surface area contributed by atoms with Gasteiger partial charge < -0.3 is 5.11 Å². The zero-order chi connectivity index (χ0) is 20.4. The molecule has 1 aliphatic rings. The van der Waals surface area contributed by atoms with Gasteiger partial charge in [0, 0.05) is 10.0 Å². The van der Waals surface area contributed by atoms with E-state index in [0.29, 0.717) is 17.1 Å². The molecule has 0 saturated heterocycles. The first-order chi connectivity index (χ1) is 14.0. The summed E-state index contributed by atoms with van der Waals surface area (Å²) in [4.78, 5) is 30.4. The van der Waals surface area contributed by atoms with Gasteiger partial charge in [-0.3, -0.25) is 9.69 Å². The maximum Gasteiger partial charge on any atom is 0.335 e. The number of amides is 1. The number of hydrogen-bond donors (Lipinski definition) is 1. The molecule has 0 aromatic heterocycles. The maximum absolute atomic E-state index is 13.2. The fraction of sp³-hybridized carbons (Fsp3) is 0. The van der Waals surface area contributed by atoms with Gasteiger partial charge in [-0.15, -0.1) is 0 Å². The minimum absolute atomic E-state index is 0.189. The van der Waals surface area contributed by atoms with Crippen LogP contribution in [-0.4, -0.2) is 22.8 Å². The Morgan fingerprint density at radius 3 is 2.34 bits per heavy atom. The van der Waals surface area contributed by atoms with Gasteiger partial charge in [0.05, 0.1) is 11.3 Å². The summed E-state index contributed by atoms with van der Waals surface area (Å²) >= 11 is 3.45. The molecular formula is C23H15BrN2O3. The molecule has 0 saturated carbocycles. The molecule has 29 heavy (non-hydrogen) atoms. The van der Waals surface area contributed by atoms with Crippen LogP contribution >= 0.6 is 15.9 Å². The number of hydrogen-bond acceptors (Lipinski definition) is 3. The number of nitrogens with zero attached hydrogens (tertiary/aromatic N) is 2. The lowest BCUT2D eigenvalue weighted by molar-refractivity contribution is -0.113. The van der Waals surface area contributed by atoms with Gasteiger partial charge in [0.15, 0.2) is 0 Å². The van der Waals surface area contributed by atoms with Crippen molar-refractivity contribution in [2.45, 2.75) is 0 Å². The summed E-state index contributed by atoms with van der Waals surface area (Å²) in [5.74, 6) is -0.697. The highest BCUT2D eigenvalue weighted by molar-refractivity contribution is 9.10. The van der Waals surface area contributed by atoms with E-state index >= 15 is 0 Å². The van der Waals surface area contributed by atoms with Crippen molar-refractivity contribution in [2.24, 2.45) is 4.99 Å². The van der Waals surface area contributed by atoms with Crippen molar-refractivity contribution in [3.63, 3.8) is 0 Å². The molecule has 0 radical (unpaired) electrons. The number of aromatic carboxylic acids is 1. The summed E-state index contributed by atoms with van der Waals surface area (Å²) in [5, 5.41) is 9.04. The van der Waals surface area contributed by atoms with E-state index in [0.717, 1.165) is 10.0 Å². The van der Waals surface area contributed by atoms with Crippen LogP contribution in [0.25, 0.3) is 6.08 Å². The van der Waals surface area contributed by atoms with Crippen molar-refractivity contribution in [3.8, 4) is 0 Å². The van der Waals surface area contributed by atoms with Crippen molar-refractivity contribution in [1.29, 1.82) is 0 Å². The van der Waals surface area contributed by atoms with E-state index in [2.05, 4.69) is 20.9 Å². The van der Waals surface area contributed by atoms with Crippen LogP contribution in [0.5, 0.6) is 0 Å². The number of carbonyl (C=O) groups excluding carboxylic acids is 1. The summed E-state index contributed by atoms with van der Waals surface area (Å²) < 4.78 is 0.858. The van der Waals surface area contributed by atoms with E-state index in [4.69, 9.17) is 5.11 Å². The third-order valence-electron chi connectivity index (χ3n) is 4.42. The molecule has 0 unspecified atom stereocenters. The summed E-state index contributed by atoms with van der Waals surface area (Å²) in [5.41, 5.74) is 2.70. The molecule has 3 aromatic rings. The Kier molecular flexibility index (Phi) is 5.10. The van der Waals surface area contributed by atoms with Gasteiger partial charge in [-0.05, 0) is 42.0 Å². The summed E-state index contributed by atoms with van der Waals surface area (Å²) in [7, 11) is 0. The monoisotopic (exact) mass is 446 g/mol. The van der Waals surface area contributed by atoms with Crippen LogP contribution in [0, 0.1) is 0 Å². The number of carbonyl (C=O) groups is 2. The summed E-state index contributed by atoms with van der Waals surface area (Å²) in [6.07, 6.45) is 1.66. The number of carboxylic acids is 1. The maximum atomic E-state index is 13.2. The predicted octanol–water partition coefficient (Wildman–Crippen LogP) is 4.98. The average molecular weight is 447 g/mol. The van der Waals surface area contributed by atoms with Crippen LogP contribution in [0.1, 0.15) is 21.5 Å². The molecule has 4 rings (SSSR count). The highest BCUT2D eigenvalue weighted by atomic mass is 79.9. The van der Waals surface area contributed by atoms with Crippen molar-refractivity contribution in [1.82, 2.24) is 0 Å². The first-order valence-corrected chi connectivity index (χ1v) is 9.61. The zero-order valence-electron chi connectivity index (χ0n) is 15.1. The van der Waals surface area contributed by atoms with E-state index in [1.54, 1.807) is 23.1 Å². The van der Waals surface area contributed by atoms with Gasteiger partial charge in [0.2, 0.25) is 0 Å². The lowest BCUT2D eigenvalue weighted by Crippen LogP contribution is -2.32. The van der Waals surface area contributed by atoms with Crippen LogP contribution in [-0.2, 0) is 4.79 Å². The molecular weight excluding hydrogens is 432 g/mol. The topological polar surface area (TPSA) is 70.0 Å². The molecule has 0 aliphatic carbocycles. The summed E-state index contributed by atoms with van der Waals surface area (Å²) in [6, 6.07) is 23.3. The quantitative estimate of drug-likeness (QED) is 0.574. The Morgan fingerprint density at radius 2 is 1.69 bits per heavy atom. The van der Waals surface area contributed by atoms with E-state index < -0.39 is 5.97 Å². The van der Waals surface area contributed by atoms with E-state index in [9.17, 15) is 9.59 Å². The molecule has 0 bridgehead atoms.